The lowest BCUT2D eigenvalue weighted by Gasteiger charge is -2.19. The quantitative estimate of drug-likeness (QED) is 0.684. The van der Waals surface area contributed by atoms with Gasteiger partial charge in [0.15, 0.2) is 0 Å². The number of carbonyl (C=O) groups is 2. The maximum absolute atomic E-state index is 13.7. The number of hydrogen-bond donors (Lipinski definition) is 1. The Balaban J connectivity index is 2.07. The zero-order valence-electron chi connectivity index (χ0n) is 16.4. The van der Waals surface area contributed by atoms with Crippen molar-refractivity contribution in [2.75, 3.05) is 32.6 Å². The second kappa shape index (κ2) is 10.2. The fourth-order valence-electron chi connectivity index (χ4n) is 2.54. The molecule has 8 heteroatoms. The van der Waals surface area contributed by atoms with Crippen LogP contribution >= 0.6 is 0 Å². The van der Waals surface area contributed by atoms with Crippen molar-refractivity contribution in [3.63, 3.8) is 0 Å². The maximum atomic E-state index is 13.7. The first kappa shape index (κ1) is 21.9. The van der Waals surface area contributed by atoms with Gasteiger partial charge >= 0.3 is 0 Å². The molecule has 0 radical (unpaired) electrons. The fourth-order valence-corrected chi connectivity index (χ4v) is 2.54. The van der Waals surface area contributed by atoms with E-state index in [4.69, 9.17) is 9.47 Å². The summed E-state index contributed by atoms with van der Waals surface area (Å²) in [5.41, 5.74) is 0.107. The third-order valence-electron chi connectivity index (χ3n) is 4.10. The van der Waals surface area contributed by atoms with Crippen molar-refractivity contribution in [3.05, 3.63) is 59.7 Å². The van der Waals surface area contributed by atoms with Crippen LogP contribution in [0.3, 0.4) is 0 Å². The van der Waals surface area contributed by atoms with Crippen LogP contribution in [0.25, 0.3) is 6.08 Å². The summed E-state index contributed by atoms with van der Waals surface area (Å²) in [6, 6.07) is 8.39. The number of para-hydroxylation sites is 1. The van der Waals surface area contributed by atoms with Gasteiger partial charge in [0.2, 0.25) is 11.8 Å². The Kier molecular flexibility index (Phi) is 7.70. The number of nitrogens with one attached hydrogen (secondary N) is 1. The third kappa shape index (κ3) is 5.78. The van der Waals surface area contributed by atoms with Gasteiger partial charge in [-0.15, -0.1) is 0 Å². The van der Waals surface area contributed by atoms with Gasteiger partial charge in [0.05, 0.1) is 14.2 Å². The zero-order chi connectivity index (χ0) is 21.4. The number of benzene rings is 2. The highest BCUT2D eigenvalue weighted by atomic mass is 19.1. The van der Waals surface area contributed by atoms with E-state index >= 15 is 0 Å². The van der Waals surface area contributed by atoms with Crippen LogP contribution in [0, 0.1) is 11.6 Å². The minimum atomic E-state index is -0.890. The smallest absolute Gasteiger partial charge is 0.247 e. The molecule has 0 aliphatic rings. The van der Waals surface area contributed by atoms with Gasteiger partial charge < -0.3 is 19.7 Å². The molecule has 2 aromatic carbocycles. The van der Waals surface area contributed by atoms with E-state index in [-0.39, 0.29) is 13.1 Å². The molecule has 2 aromatic rings. The van der Waals surface area contributed by atoms with Gasteiger partial charge in [-0.2, -0.15) is 0 Å². The van der Waals surface area contributed by atoms with Crippen molar-refractivity contribution in [3.8, 4) is 11.5 Å². The average molecular weight is 404 g/mol. The number of hydrogen-bond acceptors (Lipinski definition) is 4. The summed E-state index contributed by atoms with van der Waals surface area (Å²) in [4.78, 5) is 25.8. The molecule has 2 amide bonds. The van der Waals surface area contributed by atoms with E-state index in [1.165, 1.54) is 31.3 Å². The summed E-state index contributed by atoms with van der Waals surface area (Å²) in [6.07, 6.45) is 2.85. The predicted octanol–water partition coefficient (Wildman–Crippen LogP) is 3.48. The van der Waals surface area contributed by atoms with Gasteiger partial charge in [0, 0.05) is 24.3 Å². The summed E-state index contributed by atoms with van der Waals surface area (Å²) in [5.74, 6) is -1.80. The molecule has 2 rings (SSSR count). The number of halogens is 2. The van der Waals surface area contributed by atoms with Crippen molar-refractivity contribution in [2.45, 2.75) is 6.92 Å². The number of likely N-dealkylation sites (N-methyl/N-ethyl adjacent to an activating group) is 1. The maximum Gasteiger partial charge on any atom is 0.247 e. The van der Waals surface area contributed by atoms with Crippen LogP contribution in [0.1, 0.15) is 12.5 Å². The van der Waals surface area contributed by atoms with E-state index in [0.717, 1.165) is 12.1 Å². The number of rotatable bonds is 8. The summed E-state index contributed by atoms with van der Waals surface area (Å²) in [7, 11) is 3.03. The topological polar surface area (TPSA) is 67.9 Å². The molecule has 0 unspecified atom stereocenters. The molecule has 6 nitrogen and oxygen atoms in total. The summed E-state index contributed by atoms with van der Waals surface area (Å²) in [5, 5.41) is 2.16. The van der Waals surface area contributed by atoms with Gasteiger partial charge in [-0.25, -0.2) is 8.78 Å². The van der Waals surface area contributed by atoms with Gasteiger partial charge in [-0.3, -0.25) is 9.59 Å². The Morgan fingerprint density at radius 2 is 1.79 bits per heavy atom. The molecule has 0 aliphatic heterocycles. The van der Waals surface area contributed by atoms with E-state index in [9.17, 15) is 18.4 Å². The van der Waals surface area contributed by atoms with Crippen LogP contribution in [0.15, 0.2) is 42.5 Å². The van der Waals surface area contributed by atoms with Crippen LogP contribution in [0.4, 0.5) is 14.5 Å². The molecular formula is C21H22F2N2O4. The molecule has 0 heterocycles. The lowest BCUT2D eigenvalue weighted by Crippen LogP contribution is -2.37. The SMILES string of the molecule is CCN(CC(=O)Nc1c(F)cccc1F)C(=O)/C=C/c1ccc(OC)cc1OC. The van der Waals surface area contributed by atoms with E-state index in [1.54, 1.807) is 31.2 Å². The highest BCUT2D eigenvalue weighted by molar-refractivity contribution is 5.98. The van der Waals surface area contributed by atoms with E-state index in [2.05, 4.69) is 5.32 Å². The monoisotopic (exact) mass is 404 g/mol. The number of nitrogens with zero attached hydrogens (tertiary/aromatic N) is 1. The first-order valence-corrected chi connectivity index (χ1v) is 8.82. The summed E-state index contributed by atoms with van der Waals surface area (Å²) < 4.78 is 37.7. The van der Waals surface area contributed by atoms with Crippen LogP contribution in [-0.2, 0) is 9.59 Å². The highest BCUT2D eigenvalue weighted by Gasteiger charge is 2.17. The Bertz CT molecular complexity index is 895. The summed E-state index contributed by atoms with van der Waals surface area (Å²) >= 11 is 0. The molecule has 0 fully saturated rings. The third-order valence-corrected chi connectivity index (χ3v) is 4.10. The number of anilines is 1. The van der Waals surface area contributed by atoms with Gasteiger partial charge in [0.1, 0.15) is 35.4 Å². The van der Waals surface area contributed by atoms with E-state index < -0.39 is 29.1 Å². The second-order valence-corrected chi connectivity index (χ2v) is 5.94. The number of carbonyl (C=O) groups excluding carboxylic acids is 2. The van der Waals surface area contributed by atoms with Crippen molar-refractivity contribution in [1.29, 1.82) is 0 Å². The van der Waals surface area contributed by atoms with Gasteiger partial charge in [-0.05, 0) is 37.3 Å². The van der Waals surface area contributed by atoms with Gasteiger partial charge in [0.25, 0.3) is 0 Å². The molecular weight excluding hydrogens is 382 g/mol. The molecule has 0 aliphatic carbocycles. The average Bonchev–Trinajstić information content (AvgIpc) is 2.72. The predicted molar refractivity (Wildman–Crippen MR) is 106 cm³/mol. The van der Waals surface area contributed by atoms with E-state index in [0.29, 0.717) is 17.1 Å². The molecule has 1 N–H and O–H groups in total. The lowest BCUT2D eigenvalue weighted by atomic mass is 10.1. The second-order valence-electron chi connectivity index (χ2n) is 5.94. The standard InChI is InChI=1S/C21H22F2N2O4/c1-4-25(13-19(26)24-21-16(22)6-5-7-17(21)23)20(27)11-9-14-8-10-15(28-2)12-18(14)29-3/h5-12H,4,13H2,1-3H3,(H,24,26)/b11-9+. The normalized spacial score (nSPS) is 10.7. The fraction of sp³-hybridized carbons (Fsp3) is 0.238. The molecule has 29 heavy (non-hydrogen) atoms. The first-order valence-electron chi connectivity index (χ1n) is 8.82. The molecule has 0 atom stereocenters. The van der Waals surface area contributed by atoms with Crippen LogP contribution in [0.5, 0.6) is 11.5 Å². The van der Waals surface area contributed by atoms with Crippen molar-refractivity contribution in [1.82, 2.24) is 4.90 Å². The van der Waals surface area contributed by atoms with Crippen molar-refractivity contribution < 1.29 is 27.8 Å². The Morgan fingerprint density at radius 1 is 1.10 bits per heavy atom. The molecule has 0 spiro atoms. The Labute approximate surface area is 167 Å². The molecule has 0 saturated heterocycles. The van der Waals surface area contributed by atoms with Crippen LogP contribution < -0.4 is 14.8 Å². The largest absolute Gasteiger partial charge is 0.497 e. The first-order chi connectivity index (χ1) is 13.9. The Morgan fingerprint density at radius 3 is 2.38 bits per heavy atom. The number of amides is 2. The van der Waals surface area contributed by atoms with Crippen molar-refractivity contribution in [2.24, 2.45) is 0 Å². The molecule has 0 saturated carbocycles. The number of ether oxygens (including phenoxy) is 2. The van der Waals surface area contributed by atoms with Crippen LogP contribution in [0.2, 0.25) is 0 Å². The Hall–Kier alpha value is -3.42. The highest BCUT2D eigenvalue weighted by Crippen LogP contribution is 2.25. The van der Waals surface area contributed by atoms with Crippen molar-refractivity contribution >= 4 is 23.6 Å². The minimum absolute atomic E-state index is 0.232. The lowest BCUT2D eigenvalue weighted by molar-refractivity contribution is -0.130. The number of methoxy groups -OCH3 is 2. The van der Waals surface area contributed by atoms with Gasteiger partial charge in [-0.1, -0.05) is 6.07 Å². The zero-order valence-corrected chi connectivity index (χ0v) is 16.4. The summed E-state index contributed by atoms with van der Waals surface area (Å²) in [6.45, 7) is 1.57. The molecule has 0 aromatic heterocycles. The molecule has 0 bridgehead atoms. The van der Waals surface area contributed by atoms with Crippen LogP contribution in [-0.4, -0.2) is 44.0 Å². The minimum Gasteiger partial charge on any atom is -0.497 e. The molecule has 154 valence electrons. The van der Waals surface area contributed by atoms with E-state index in [1.807, 2.05) is 0 Å².